The van der Waals surface area contributed by atoms with Gasteiger partial charge in [-0.3, -0.25) is 14.5 Å². The molecule has 28 heavy (non-hydrogen) atoms. The van der Waals surface area contributed by atoms with Gasteiger partial charge in [-0.2, -0.15) is 0 Å². The van der Waals surface area contributed by atoms with Gasteiger partial charge in [-0.15, -0.1) is 0 Å². The second-order valence-electron chi connectivity index (χ2n) is 8.50. The average Bonchev–Trinajstić information content (AvgIpc) is 2.74. The van der Waals surface area contributed by atoms with Gasteiger partial charge < -0.3 is 10.0 Å². The van der Waals surface area contributed by atoms with Crippen LogP contribution in [-0.4, -0.2) is 59.5 Å². The standard InChI is InChI=1S/C23H30N2O3/c26-22(20-18-8-10-19(11-9-18)21(20)23(27)28)25-15-13-24(14-16-25)12-4-7-17-5-2-1-3-6-17/h1-7,18-21H,8-16H2,(H,27,28)/b7-4+. The van der Waals surface area contributed by atoms with Gasteiger partial charge in [0, 0.05) is 32.7 Å². The quantitative estimate of drug-likeness (QED) is 0.851. The molecule has 1 aromatic rings. The first-order valence-corrected chi connectivity index (χ1v) is 10.6. The molecule has 4 fully saturated rings. The summed E-state index contributed by atoms with van der Waals surface area (Å²) in [7, 11) is 0. The second-order valence-corrected chi connectivity index (χ2v) is 8.50. The van der Waals surface area contributed by atoms with Crippen LogP contribution < -0.4 is 0 Å². The summed E-state index contributed by atoms with van der Waals surface area (Å²) >= 11 is 0. The highest BCUT2D eigenvalue weighted by Gasteiger charge is 2.51. The summed E-state index contributed by atoms with van der Waals surface area (Å²) in [6.07, 6.45) is 8.31. The van der Waals surface area contributed by atoms with Gasteiger partial charge in [0.05, 0.1) is 11.8 Å². The number of rotatable bonds is 5. The monoisotopic (exact) mass is 382 g/mol. The predicted octanol–water partition coefficient (Wildman–Crippen LogP) is 2.98. The van der Waals surface area contributed by atoms with Crippen LogP contribution in [0.4, 0.5) is 0 Å². The molecule has 2 bridgehead atoms. The van der Waals surface area contributed by atoms with Gasteiger partial charge in [-0.25, -0.2) is 0 Å². The normalized spacial score (nSPS) is 30.6. The molecule has 2 atom stereocenters. The number of hydrogen-bond donors (Lipinski definition) is 1. The van der Waals surface area contributed by atoms with Gasteiger partial charge in [0.25, 0.3) is 0 Å². The zero-order chi connectivity index (χ0) is 19.5. The molecular weight excluding hydrogens is 352 g/mol. The van der Waals surface area contributed by atoms with Crippen LogP contribution in [0, 0.1) is 23.7 Å². The summed E-state index contributed by atoms with van der Waals surface area (Å²) in [6, 6.07) is 10.3. The summed E-state index contributed by atoms with van der Waals surface area (Å²) in [5, 5.41) is 9.72. The Bertz CT molecular complexity index is 717. The Morgan fingerprint density at radius 1 is 0.929 bits per heavy atom. The molecule has 4 aliphatic rings. The summed E-state index contributed by atoms with van der Waals surface area (Å²) in [6.45, 7) is 3.99. The first-order chi connectivity index (χ1) is 13.6. The molecule has 1 aliphatic heterocycles. The molecule has 1 amide bonds. The number of carbonyl (C=O) groups is 2. The highest BCUT2D eigenvalue weighted by Crippen LogP contribution is 2.49. The van der Waals surface area contributed by atoms with E-state index in [2.05, 4.69) is 29.2 Å². The van der Waals surface area contributed by atoms with Crippen molar-refractivity contribution in [3.63, 3.8) is 0 Å². The van der Waals surface area contributed by atoms with E-state index in [0.717, 1.165) is 45.3 Å². The SMILES string of the molecule is O=C(O)C1C2CCC(CC2)C1C(=O)N1CCN(C/C=C/c2ccccc2)CC1. The number of benzene rings is 1. The van der Waals surface area contributed by atoms with Crippen LogP contribution in [0.25, 0.3) is 6.08 Å². The average molecular weight is 383 g/mol. The molecule has 1 heterocycles. The van der Waals surface area contributed by atoms with Crippen LogP contribution in [0.2, 0.25) is 0 Å². The van der Waals surface area contributed by atoms with E-state index in [9.17, 15) is 14.7 Å². The minimum absolute atomic E-state index is 0.0984. The number of amides is 1. The van der Waals surface area contributed by atoms with Gasteiger partial charge in [0.15, 0.2) is 0 Å². The fraction of sp³-hybridized carbons (Fsp3) is 0.565. The van der Waals surface area contributed by atoms with Crippen molar-refractivity contribution in [1.82, 2.24) is 9.80 Å². The zero-order valence-corrected chi connectivity index (χ0v) is 16.4. The number of hydrogen-bond acceptors (Lipinski definition) is 3. The third-order valence-electron chi connectivity index (χ3n) is 6.95. The van der Waals surface area contributed by atoms with E-state index in [1.54, 1.807) is 0 Å². The molecule has 0 spiro atoms. The van der Waals surface area contributed by atoms with Crippen molar-refractivity contribution in [2.45, 2.75) is 25.7 Å². The van der Waals surface area contributed by atoms with E-state index in [1.165, 1.54) is 5.56 Å². The van der Waals surface area contributed by atoms with Crippen LogP contribution in [0.5, 0.6) is 0 Å². The zero-order valence-electron chi connectivity index (χ0n) is 16.4. The minimum Gasteiger partial charge on any atom is -0.481 e. The lowest BCUT2D eigenvalue weighted by atomic mass is 9.58. The molecule has 1 N–H and O–H groups in total. The van der Waals surface area contributed by atoms with E-state index < -0.39 is 11.9 Å². The fourth-order valence-corrected chi connectivity index (χ4v) is 5.42. The Labute approximate surface area is 167 Å². The van der Waals surface area contributed by atoms with Crippen molar-refractivity contribution in [1.29, 1.82) is 0 Å². The largest absolute Gasteiger partial charge is 0.481 e. The summed E-state index contributed by atoms with van der Waals surface area (Å²) in [5.74, 6) is -0.966. The van der Waals surface area contributed by atoms with Gasteiger partial charge in [0.1, 0.15) is 0 Å². The molecule has 5 heteroatoms. The van der Waals surface area contributed by atoms with Crippen LogP contribution in [0.15, 0.2) is 36.4 Å². The maximum Gasteiger partial charge on any atom is 0.307 e. The van der Waals surface area contributed by atoms with Gasteiger partial charge >= 0.3 is 5.97 Å². The van der Waals surface area contributed by atoms with E-state index in [4.69, 9.17) is 0 Å². The molecule has 5 nitrogen and oxygen atoms in total. The highest BCUT2D eigenvalue weighted by molar-refractivity contribution is 5.86. The molecule has 0 radical (unpaired) electrons. The maximum absolute atomic E-state index is 13.2. The Hall–Kier alpha value is -2.14. The number of piperazine rings is 1. The third kappa shape index (κ3) is 4.00. The Morgan fingerprint density at radius 3 is 2.14 bits per heavy atom. The van der Waals surface area contributed by atoms with Crippen molar-refractivity contribution in [2.75, 3.05) is 32.7 Å². The van der Waals surface area contributed by atoms with Crippen LogP contribution in [-0.2, 0) is 9.59 Å². The van der Waals surface area contributed by atoms with Crippen molar-refractivity contribution in [3.05, 3.63) is 42.0 Å². The van der Waals surface area contributed by atoms with Gasteiger partial charge in [0.2, 0.25) is 5.91 Å². The van der Waals surface area contributed by atoms with Crippen molar-refractivity contribution in [2.24, 2.45) is 23.7 Å². The number of aliphatic carboxylic acids is 1. The summed E-state index contributed by atoms with van der Waals surface area (Å²) in [4.78, 5) is 29.3. The Kier molecular flexibility index (Phi) is 5.81. The van der Waals surface area contributed by atoms with Crippen LogP contribution >= 0.6 is 0 Å². The maximum atomic E-state index is 13.2. The number of carboxylic acid groups (broad SMARTS) is 1. The van der Waals surface area contributed by atoms with Gasteiger partial charge in [-0.1, -0.05) is 42.5 Å². The fourth-order valence-electron chi connectivity index (χ4n) is 5.42. The molecule has 0 aromatic heterocycles. The van der Waals surface area contributed by atoms with E-state index >= 15 is 0 Å². The van der Waals surface area contributed by atoms with Crippen LogP contribution in [0.3, 0.4) is 0 Å². The smallest absolute Gasteiger partial charge is 0.307 e. The molecule has 2 unspecified atom stereocenters. The molecule has 150 valence electrons. The summed E-state index contributed by atoms with van der Waals surface area (Å²) < 4.78 is 0. The molecule has 5 rings (SSSR count). The van der Waals surface area contributed by atoms with E-state index in [-0.39, 0.29) is 23.7 Å². The molecule has 1 aromatic carbocycles. The lowest BCUT2D eigenvalue weighted by Crippen LogP contribution is -2.56. The molecule has 3 aliphatic carbocycles. The van der Waals surface area contributed by atoms with Crippen LogP contribution in [0.1, 0.15) is 31.2 Å². The number of carboxylic acids is 1. The van der Waals surface area contributed by atoms with Crippen molar-refractivity contribution in [3.8, 4) is 0 Å². The first-order valence-electron chi connectivity index (χ1n) is 10.6. The molecular formula is C23H30N2O3. The topological polar surface area (TPSA) is 60.9 Å². The van der Waals surface area contributed by atoms with Gasteiger partial charge in [-0.05, 0) is 43.1 Å². The summed E-state index contributed by atoms with van der Waals surface area (Å²) in [5.41, 5.74) is 1.20. The highest BCUT2D eigenvalue weighted by atomic mass is 16.4. The van der Waals surface area contributed by atoms with Crippen molar-refractivity contribution < 1.29 is 14.7 Å². The Morgan fingerprint density at radius 2 is 1.54 bits per heavy atom. The lowest BCUT2D eigenvalue weighted by molar-refractivity contribution is -0.163. The lowest BCUT2D eigenvalue weighted by Gasteiger charge is -2.48. The number of nitrogens with zero attached hydrogens (tertiary/aromatic N) is 2. The first kappa shape index (κ1) is 19.2. The van der Waals surface area contributed by atoms with E-state index in [1.807, 2.05) is 23.1 Å². The number of fused-ring (bicyclic) bond motifs is 3. The van der Waals surface area contributed by atoms with Crippen molar-refractivity contribution >= 4 is 18.0 Å². The molecule has 3 saturated carbocycles. The minimum atomic E-state index is -0.766. The van der Waals surface area contributed by atoms with E-state index in [0.29, 0.717) is 13.1 Å². The second kappa shape index (κ2) is 8.48. The predicted molar refractivity (Wildman–Crippen MR) is 109 cm³/mol. The number of carbonyl (C=O) groups excluding carboxylic acids is 1. The molecule has 1 saturated heterocycles. The Balaban J connectivity index is 1.31. The third-order valence-corrected chi connectivity index (χ3v) is 6.95.